The maximum atomic E-state index is 12.8. The van der Waals surface area contributed by atoms with Crippen molar-refractivity contribution in [1.29, 1.82) is 0 Å². The topological polar surface area (TPSA) is 113 Å². The van der Waals surface area contributed by atoms with Crippen LogP contribution in [0.2, 0.25) is 0 Å². The van der Waals surface area contributed by atoms with Gasteiger partial charge < -0.3 is 19.2 Å². The average molecular weight is 421 g/mol. The van der Waals surface area contributed by atoms with E-state index in [9.17, 15) is 9.59 Å². The van der Waals surface area contributed by atoms with E-state index in [-0.39, 0.29) is 30.4 Å². The molecule has 3 aliphatic rings. The monoisotopic (exact) mass is 421 g/mol. The highest BCUT2D eigenvalue weighted by molar-refractivity contribution is 5.93. The van der Waals surface area contributed by atoms with E-state index >= 15 is 0 Å². The Bertz CT molecular complexity index is 748. The van der Waals surface area contributed by atoms with Crippen LogP contribution in [0.3, 0.4) is 0 Å². The van der Waals surface area contributed by atoms with Crippen molar-refractivity contribution in [2.24, 2.45) is 5.41 Å². The van der Waals surface area contributed by atoms with Gasteiger partial charge in [0.1, 0.15) is 11.9 Å². The van der Waals surface area contributed by atoms with E-state index in [4.69, 9.17) is 19.1 Å². The van der Waals surface area contributed by atoms with Crippen LogP contribution in [0, 0.1) is 5.41 Å². The predicted molar refractivity (Wildman–Crippen MR) is 107 cm³/mol. The zero-order valence-electron chi connectivity index (χ0n) is 17.7. The van der Waals surface area contributed by atoms with E-state index in [2.05, 4.69) is 9.88 Å². The minimum Gasteiger partial charge on any atom is -0.483 e. The SMILES string of the molecule is CC(C)c1ocnc1C(=O)N1CCC2(CC1)CC(CN1CCCC1)OC2=O.O=CO. The van der Waals surface area contributed by atoms with Crippen LogP contribution in [-0.4, -0.2) is 77.1 Å². The van der Waals surface area contributed by atoms with Crippen molar-refractivity contribution in [1.82, 2.24) is 14.8 Å². The van der Waals surface area contributed by atoms with Crippen molar-refractivity contribution in [3.05, 3.63) is 17.8 Å². The fourth-order valence-corrected chi connectivity index (χ4v) is 4.71. The molecule has 1 amide bonds. The molecule has 1 aromatic rings. The maximum Gasteiger partial charge on any atom is 0.312 e. The summed E-state index contributed by atoms with van der Waals surface area (Å²) >= 11 is 0. The third-order valence-electron chi connectivity index (χ3n) is 6.32. The van der Waals surface area contributed by atoms with E-state index < -0.39 is 5.41 Å². The summed E-state index contributed by atoms with van der Waals surface area (Å²) in [4.78, 5) is 42.1. The molecule has 0 radical (unpaired) electrons. The van der Waals surface area contributed by atoms with Crippen molar-refractivity contribution in [3.8, 4) is 0 Å². The number of rotatable bonds is 4. The van der Waals surface area contributed by atoms with Gasteiger partial charge in [-0.15, -0.1) is 0 Å². The Labute approximate surface area is 176 Å². The molecule has 1 N–H and O–H groups in total. The lowest BCUT2D eigenvalue weighted by Crippen LogP contribution is -2.45. The van der Waals surface area contributed by atoms with Crippen molar-refractivity contribution >= 4 is 18.3 Å². The molecule has 166 valence electrons. The number of amides is 1. The van der Waals surface area contributed by atoms with E-state index in [1.165, 1.54) is 19.2 Å². The van der Waals surface area contributed by atoms with Crippen LogP contribution in [0.5, 0.6) is 0 Å². The van der Waals surface area contributed by atoms with Gasteiger partial charge in [0.05, 0.1) is 5.41 Å². The quantitative estimate of drug-likeness (QED) is 0.581. The van der Waals surface area contributed by atoms with Crippen LogP contribution in [0.1, 0.15) is 68.1 Å². The lowest BCUT2D eigenvalue weighted by atomic mass is 9.76. The molecule has 3 aliphatic heterocycles. The number of aromatic nitrogens is 1. The predicted octanol–water partition coefficient (Wildman–Crippen LogP) is 2.13. The number of carbonyl (C=O) groups is 3. The first kappa shape index (κ1) is 22.3. The number of hydrogen-bond donors (Lipinski definition) is 1. The number of nitrogens with zero attached hydrogens (tertiary/aromatic N) is 3. The number of carbonyl (C=O) groups excluding carboxylic acids is 2. The number of likely N-dealkylation sites (tertiary alicyclic amines) is 2. The fourth-order valence-electron chi connectivity index (χ4n) is 4.71. The van der Waals surface area contributed by atoms with Crippen LogP contribution < -0.4 is 0 Å². The fraction of sp³-hybridized carbons (Fsp3) is 0.714. The Hall–Kier alpha value is -2.42. The van der Waals surface area contributed by atoms with Gasteiger partial charge in [-0.05, 0) is 38.8 Å². The zero-order valence-corrected chi connectivity index (χ0v) is 17.7. The van der Waals surface area contributed by atoms with Crippen molar-refractivity contribution in [2.45, 2.75) is 58.0 Å². The zero-order chi connectivity index (χ0) is 21.7. The van der Waals surface area contributed by atoms with E-state index in [1.54, 1.807) is 4.90 Å². The number of piperidine rings is 1. The number of ether oxygens (including phenoxy) is 1. The number of hydrogen-bond acceptors (Lipinski definition) is 7. The second-order valence-corrected chi connectivity index (χ2v) is 8.64. The number of esters is 1. The third-order valence-corrected chi connectivity index (χ3v) is 6.32. The lowest BCUT2D eigenvalue weighted by Gasteiger charge is -2.36. The van der Waals surface area contributed by atoms with Gasteiger partial charge in [0.25, 0.3) is 12.4 Å². The molecule has 1 spiro atoms. The normalized spacial score (nSPS) is 23.4. The average Bonchev–Trinajstić information content (AvgIpc) is 3.45. The molecule has 4 rings (SSSR count). The van der Waals surface area contributed by atoms with Crippen LogP contribution in [0.25, 0.3) is 0 Å². The highest BCUT2D eigenvalue weighted by Gasteiger charge is 2.51. The van der Waals surface area contributed by atoms with Crippen LogP contribution in [0.15, 0.2) is 10.8 Å². The van der Waals surface area contributed by atoms with Crippen molar-refractivity contribution in [2.75, 3.05) is 32.7 Å². The Morgan fingerprint density at radius 1 is 1.30 bits per heavy atom. The molecular weight excluding hydrogens is 390 g/mol. The summed E-state index contributed by atoms with van der Waals surface area (Å²) in [7, 11) is 0. The Morgan fingerprint density at radius 2 is 1.93 bits per heavy atom. The third kappa shape index (κ3) is 4.66. The molecule has 1 aromatic heterocycles. The Morgan fingerprint density at radius 3 is 2.53 bits per heavy atom. The molecule has 1 unspecified atom stereocenters. The summed E-state index contributed by atoms with van der Waals surface area (Å²) in [5.41, 5.74) is -0.00634. The number of carboxylic acid groups (broad SMARTS) is 1. The number of cyclic esters (lactones) is 1. The molecule has 3 saturated heterocycles. The first-order valence-corrected chi connectivity index (χ1v) is 10.6. The van der Waals surface area contributed by atoms with Crippen LogP contribution in [-0.2, 0) is 14.3 Å². The van der Waals surface area contributed by atoms with Crippen molar-refractivity contribution < 1.29 is 28.6 Å². The molecule has 4 heterocycles. The minimum atomic E-state index is -0.411. The smallest absolute Gasteiger partial charge is 0.312 e. The Kier molecular flexibility index (Phi) is 7.12. The molecule has 30 heavy (non-hydrogen) atoms. The standard InChI is InChI=1S/C20H29N3O4.CH2O2/c1-14(2)17-16(21-13-26-17)18(24)23-9-5-20(6-10-23)11-15(27-19(20)25)12-22-7-3-4-8-22;2-1-3/h13-15H,3-12H2,1-2H3;1H,(H,2,3). The Balaban J connectivity index is 0.000000806. The largest absolute Gasteiger partial charge is 0.483 e. The van der Waals surface area contributed by atoms with Gasteiger partial charge in [0, 0.05) is 32.0 Å². The lowest BCUT2D eigenvalue weighted by molar-refractivity contribution is -0.151. The van der Waals surface area contributed by atoms with Gasteiger partial charge in [-0.25, -0.2) is 4.98 Å². The summed E-state index contributed by atoms with van der Waals surface area (Å²) in [5, 5.41) is 6.89. The highest BCUT2D eigenvalue weighted by atomic mass is 16.6. The van der Waals surface area contributed by atoms with E-state index in [1.807, 2.05) is 13.8 Å². The van der Waals surface area contributed by atoms with Crippen LogP contribution in [0.4, 0.5) is 0 Å². The second kappa shape index (κ2) is 9.59. The van der Waals surface area contributed by atoms with Gasteiger partial charge in [-0.1, -0.05) is 13.8 Å². The molecular formula is C21H31N3O6. The molecule has 0 bridgehead atoms. The van der Waals surface area contributed by atoms with Crippen molar-refractivity contribution in [3.63, 3.8) is 0 Å². The van der Waals surface area contributed by atoms with Gasteiger partial charge >= 0.3 is 5.97 Å². The van der Waals surface area contributed by atoms with Gasteiger partial charge in [-0.3, -0.25) is 19.3 Å². The molecule has 0 aromatic carbocycles. The van der Waals surface area contributed by atoms with Gasteiger partial charge in [0.15, 0.2) is 12.1 Å². The first-order valence-electron chi connectivity index (χ1n) is 10.6. The highest BCUT2D eigenvalue weighted by Crippen LogP contribution is 2.43. The molecule has 0 aliphatic carbocycles. The first-order chi connectivity index (χ1) is 14.4. The summed E-state index contributed by atoms with van der Waals surface area (Å²) in [6.07, 6.45) is 5.94. The number of oxazole rings is 1. The van der Waals surface area contributed by atoms with Gasteiger partial charge in [-0.2, -0.15) is 0 Å². The summed E-state index contributed by atoms with van der Waals surface area (Å²) in [5.74, 6) is 0.579. The second-order valence-electron chi connectivity index (χ2n) is 8.64. The summed E-state index contributed by atoms with van der Waals surface area (Å²) in [6.45, 7) is 7.92. The maximum absolute atomic E-state index is 12.8. The molecule has 9 nitrogen and oxygen atoms in total. The molecule has 9 heteroatoms. The van der Waals surface area contributed by atoms with Crippen LogP contribution >= 0.6 is 0 Å². The van der Waals surface area contributed by atoms with E-state index in [0.29, 0.717) is 37.4 Å². The van der Waals surface area contributed by atoms with E-state index in [0.717, 1.165) is 26.1 Å². The molecule has 0 saturated carbocycles. The molecule has 1 atom stereocenters. The minimum absolute atomic E-state index is 0.000866. The summed E-state index contributed by atoms with van der Waals surface area (Å²) in [6, 6.07) is 0. The molecule has 3 fully saturated rings. The van der Waals surface area contributed by atoms with Gasteiger partial charge in [0.2, 0.25) is 0 Å². The summed E-state index contributed by atoms with van der Waals surface area (Å²) < 4.78 is 11.1.